The molecule has 0 atom stereocenters. The van der Waals surface area contributed by atoms with Crippen LogP contribution in [0, 0.1) is 0 Å². The highest BCUT2D eigenvalue weighted by atomic mass is 32.2. The van der Waals surface area contributed by atoms with Crippen molar-refractivity contribution in [3.63, 3.8) is 0 Å². The van der Waals surface area contributed by atoms with Gasteiger partial charge in [0.15, 0.2) is 5.17 Å². The van der Waals surface area contributed by atoms with Crippen molar-refractivity contribution in [1.29, 1.82) is 0 Å². The van der Waals surface area contributed by atoms with Crippen molar-refractivity contribution in [2.45, 2.75) is 0 Å². The van der Waals surface area contributed by atoms with Crippen molar-refractivity contribution < 1.29 is 24.2 Å². The smallest absolute Gasteiger partial charge is 0.335 e. The molecular weight excluding hydrogens is 322 g/mol. The van der Waals surface area contributed by atoms with Gasteiger partial charge in [-0.05, 0) is 29.5 Å². The lowest BCUT2D eigenvalue weighted by Gasteiger charge is -1.95. The Labute approximate surface area is 134 Å². The average Bonchev–Trinajstić information content (AvgIpc) is 2.87. The lowest BCUT2D eigenvalue weighted by atomic mass is 10.1. The molecule has 1 aromatic carbocycles. The molecule has 0 unspecified atom stereocenters. The van der Waals surface area contributed by atoms with Gasteiger partial charge in [-0.2, -0.15) is 5.10 Å². The van der Waals surface area contributed by atoms with E-state index in [0.29, 0.717) is 5.56 Å². The number of hydrogen-bond donors (Lipinski definition) is 2. The first-order valence-electron chi connectivity index (χ1n) is 6.23. The number of hydrogen-bond acceptors (Lipinski definition) is 7. The largest absolute Gasteiger partial charge is 0.478 e. The van der Waals surface area contributed by atoms with Gasteiger partial charge in [-0.25, -0.2) is 9.59 Å². The standard InChI is InChI=1S/C14H11N3O5S/c1-22-11(18)6-10-12(19)16-14(23-10)17-15-7-8-3-2-4-9(5-8)13(20)21/h2-7H,1H3,(H,20,21)(H,16,17,19)/b10-6+,15-7?. The maximum absolute atomic E-state index is 11.6. The molecule has 1 heterocycles. The molecule has 1 aromatic rings. The van der Waals surface area contributed by atoms with E-state index in [9.17, 15) is 14.4 Å². The molecule has 0 spiro atoms. The molecule has 1 aliphatic heterocycles. The first-order chi connectivity index (χ1) is 11.0. The van der Waals surface area contributed by atoms with E-state index in [-0.39, 0.29) is 15.6 Å². The van der Waals surface area contributed by atoms with Gasteiger partial charge in [-0.1, -0.05) is 12.1 Å². The van der Waals surface area contributed by atoms with Gasteiger partial charge >= 0.3 is 11.9 Å². The quantitative estimate of drug-likeness (QED) is 0.367. The number of carboxylic acids is 1. The normalized spacial score (nSPS) is 17.7. The van der Waals surface area contributed by atoms with Crippen molar-refractivity contribution in [3.8, 4) is 0 Å². The number of nitrogens with one attached hydrogen (secondary N) is 1. The molecule has 1 amide bonds. The molecule has 0 bridgehead atoms. The summed E-state index contributed by atoms with van der Waals surface area (Å²) >= 11 is 0.947. The first-order valence-corrected chi connectivity index (χ1v) is 7.04. The van der Waals surface area contributed by atoms with Gasteiger partial charge < -0.3 is 9.84 Å². The van der Waals surface area contributed by atoms with Crippen LogP contribution in [0.2, 0.25) is 0 Å². The van der Waals surface area contributed by atoms with Gasteiger partial charge in [0, 0.05) is 6.08 Å². The van der Waals surface area contributed by atoms with Crippen LogP contribution in [-0.2, 0) is 14.3 Å². The Morgan fingerprint density at radius 2 is 2.17 bits per heavy atom. The summed E-state index contributed by atoms with van der Waals surface area (Å²) in [5.41, 5.74) is 0.683. The van der Waals surface area contributed by atoms with Gasteiger partial charge in [-0.15, -0.1) is 5.10 Å². The van der Waals surface area contributed by atoms with Gasteiger partial charge in [0.1, 0.15) is 0 Å². The van der Waals surface area contributed by atoms with E-state index >= 15 is 0 Å². The van der Waals surface area contributed by atoms with Crippen molar-refractivity contribution in [3.05, 3.63) is 46.4 Å². The number of carboxylic acid groups (broad SMARTS) is 1. The third kappa shape index (κ3) is 4.51. The van der Waals surface area contributed by atoms with Crippen LogP contribution in [0.1, 0.15) is 15.9 Å². The zero-order valence-electron chi connectivity index (χ0n) is 11.8. The van der Waals surface area contributed by atoms with E-state index in [1.54, 1.807) is 12.1 Å². The summed E-state index contributed by atoms with van der Waals surface area (Å²) in [5, 5.41) is 19.1. The minimum atomic E-state index is -1.04. The van der Waals surface area contributed by atoms with Crippen LogP contribution >= 0.6 is 11.8 Å². The monoisotopic (exact) mass is 333 g/mol. The Hall–Kier alpha value is -2.94. The fourth-order valence-electron chi connectivity index (χ4n) is 1.54. The number of amidine groups is 1. The third-order valence-corrected chi connectivity index (χ3v) is 3.49. The number of nitrogens with zero attached hydrogens (tertiary/aromatic N) is 2. The number of carbonyl (C=O) groups excluding carboxylic acids is 2. The number of benzene rings is 1. The summed E-state index contributed by atoms with van der Waals surface area (Å²) in [6.07, 6.45) is 2.41. The number of carbonyl (C=O) groups is 3. The van der Waals surface area contributed by atoms with Crippen molar-refractivity contribution in [2.24, 2.45) is 10.2 Å². The lowest BCUT2D eigenvalue weighted by Crippen LogP contribution is -2.19. The summed E-state index contributed by atoms with van der Waals surface area (Å²) in [7, 11) is 1.21. The molecule has 2 rings (SSSR count). The van der Waals surface area contributed by atoms with Gasteiger partial charge in [0.25, 0.3) is 5.91 Å². The van der Waals surface area contributed by atoms with Crippen LogP contribution in [0.3, 0.4) is 0 Å². The topological polar surface area (TPSA) is 117 Å². The molecule has 1 fully saturated rings. The maximum Gasteiger partial charge on any atom is 0.335 e. The van der Waals surface area contributed by atoms with Crippen LogP contribution in [0.4, 0.5) is 0 Å². The van der Waals surface area contributed by atoms with E-state index in [2.05, 4.69) is 20.3 Å². The Morgan fingerprint density at radius 1 is 1.39 bits per heavy atom. The molecule has 2 N–H and O–H groups in total. The van der Waals surface area contributed by atoms with E-state index in [0.717, 1.165) is 17.8 Å². The second kappa shape index (κ2) is 7.36. The van der Waals surface area contributed by atoms with E-state index in [1.165, 1.54) is 25.5 Å². The second-order valence-corrected chi connectivity index (χ2v) is 5.20. The molecular formula is C14H11N3O5S. The zero-order chi connectivity index (χ0) is 16.8. The third-order valence-electron chi connectivity index (χ3n) is 2.59. The first kappa shape index (κ1) is 16.4. The van der Waals surface area contributed by atoms with Crippen molar-refractivity contribution >= 4 is 41.0 Å². The van der Waals surface area contributed by atoms with Crippen molar-refractivity contribution in [2.75, 3.05) is 7.11 Å². The highest BCUT2D eigenvalue weighted by Crippen LogP contribution is 2.23. The molecule has 9 heteroatoms. The maximum atomic E-state index is 11.6. The molecule has 0 saturated carbocycles. The van der Waals surface area contributed by atoms with E-state index < -0.39 is 17.8 Å². The number of amides is 1. The van der Waals surface area contributed by atoms with E-state index in [1.807, 2.05) is 0 Å². The molecule has 23 heavy (non-hydrogen) atoms. The van der Waals surface area contributed by atoms with Crippen LogP contribution < -0.4 is 5.32 Å². The highest BCUT2D eigenvalue weighted by molar-refractivity contribution is 8.18. The molecule has 8 nitrogen and oxygen atoms in total. The van der Waals surface area contributed by atoms with Gasteiger partial charge in [0.05, 0.1) is 23.8 Å². The summed E-state index contributed by atoms with van der Waals surface area (Å²) in [6, 6.07) is 6.15. The number of methoxy groups -OCH3 is 1. The average molecular weight is 333 g/mol. The van der Waals surface area contributed by atoms with Crippen LogP contribution in [-0.4, -0.2) is 41.4 Å². The molecule has 118 valence electrons. The van der Waals surface area contributed by atoms with Crippen molar-refractivity contribution in [1.82, 2.24) is 5.32 Å². The predicted molar refractivity (Wildman–Crippen MR) is 84.3 cm³/mol. The van der Waals surface area contributed by atoms with Gasteiger partial charge in [0.2, 0.25) is 0 Å². The highest BCUT2D eigenvalue weighted by Gasteiger charge is 2.24. The molecule has 1 aliphatic rings. The number of thioether (sulfide) groups is 1. The fourth-order valence-corrected chi connectivity index (χ4v) is 2.28. The minimum absolute atomic E-state index is 0.133. The molecule has 0 aliphatic carbocycles. The minimum Gasteiger partial charge on any atom is -0.478 e. The fraction of sp³-hybridized carbons (Fsp3) is 0.0714. The molecule has 1 saturated heterocycles. The Bertz CT molecular complexity index is 755. The van der Waals surface area contributed by atoms with Crippen LogP contribution in [0.5, 0.6) is 0 Å². The summed E-state index contributed by atoms with van der Waals surface area (Å²) in [5.74, 6) is -2.15. The van der Waals surface area contributed by atoms with Crippen LogP contribution in [0.25, 0.3) is 0 Å². The summed E-state index contributed by atoms with van der Waals surface area (Å²) in [6.45, 7) is 0. The SMILES string of the molecule is COC(=O)/C=C1/S/C(=N\N=Cc2cccc(C(=O)O)c2)NC1=O. The Morgan fingerprint density at radius 3 is 2.87 bits per heavy atom. The lowest BCUT2D eigenvalue weighted by molar-refractivity contribution is -0.135. The number of ether oxygens (including phenoxy) is 1. The van der Waals surface area contributed by atoms with Gasteiger partial charge in [-0.3, -0.25) is 10.1 Å². The number of esters is 1. The number of rotatable bonds is 4. The molecule has 0 radical (unpaired) electrons. The summed E-state index contributed by atoms with van der Waals surface area (Å²) in [4.78, 5) is 33.7. The summed E-state index contributed by atoms with van der Waals surface area (Å²) < 4.78 is 4.44. The Balaban J connectivity index is 2.08. The predicted octanol–water partition coefficient (Wildman–Crippen LogP) is 0.995. The second-order valence-electron chi connectivity index (χ2n) is 4.17. The zero-order valence-corrected chi connectivity index (χ0v) is 12.7. The van der Waals surface area contributed by atoms with Crippen LogP contribution in [0.15, 0.2) is 45.4 Å². The Kier molecular flexibility index (Phi) is 5.26. The number of aromatic carboxylic acids is 1. The van der Waals surface area contributed by atoms with E-state index in [4.69, 9.17) is 5.11 Å². The molecule has 0 aromatic heterocycles.